The molecule has 1 aromatic heterocycles. The maximum absolute atomic E-state index is 11.9. The molecular weight excluding hydrogens is 242 g/mol. The Morgan fingerprint density at radius 2 is 1.95 bits per heavy atom. The second kappa shape index (κ2) is 5.86. The Labute approximate surface area is 110 Å². The summed E-state index contributed by atoms with van der Waals surface area (Å²) in [5, 5.41) is 6.30. The van der Waals surface area contributed by atoms with Crippen LogP contribution in [0.2, 0.25) is 0 Å². The molecule has 0 spiro atoms. The molecule has 2 rings (SSSR count). The van der Waals surface area contributed by atoms with Crippen LogP contribution in [-0.2, 0) is 4.79 Å². The van der Waals surface area contributed by atoms with E-state index in [9.17, 15) is 9.59 Å². The minimum Gasteiger partial charge on any atom is -0.351 e. The van der Waals surface area contributed by atoms with Crippen LogP contribution in [0.1, 0.15) is 10.5 Å². The zero-order valence-corrected chi connectivity index (χ0v) is 10.4. The molecule has 0 atom stereocenters. The third-order valence-electron chi connectivity index (χ3n) is 2.67. The van der Waals surface area contributed by atoms with Crippen molar-refractivity contribution < 1.29 is 9.59 Å². The van der Waals surface area contributed by atoms with Gasteiger partial charge in [0.2, 0.25) is 5.91 Å². The Hall–Kier alpha value is -2.56. The number of aromatic nitrogens is 1. The lowest BCUT2D eigenvalue weighted by Gasteiger charge is -2.04. The van der Waals surface area contributed by atoms with Crippen molar-refractivity contribution in [1.29, 1.82) is 0 Å². The van der Waals surface area contributed by atoms with Crippen LogP contribution < -0.4 is 10.6 Å². The zero-order chi connectivity index (χ0) is 13.7. The van der Waals surface area contributed by atoms with Gasteiger partial charge in [0.1, 0.15) is 5.69 Å². The molecule has 0 fully saturated rings. The van der Waals surface area contributed by atoms with Gasteiger partial charge in [-0.1, -0.05) is 24.8 Å². The first kappa shape index (κ1) is 12.9. The second-order valence-corrected chi connectivity index (χ2v) is 4.02. The maximum Gasteiger partial charge on any atom is 0.267 e. The van der Waals surface area contributed by atoms with E-state index >= 15 is 0 Å². The number of carbonyl (C=O) groups is 2. The highest BCUT2D eigenvalue weighted by Crippen LogP contribution is 2.14. The van der Waals surface area contributed by atoms with Crippen LogP contribution >= 0.6 is 0 Å². The molecule has 19 heavy (non-hydrogen) atoms. The number of hydrogen-bond acceptors (Lipinski definition) is 2. The molecule has 0 radical (unpaired) electrons. The van der Waals surface area contributed by atoms with Crippen molar-refractivity contribution in [3.05, 3.63) is 48.7 Å². The van der Waals surface area contributed by atoms with Crippen LogP contribution in [-0.4, -0.2) is 29.9 Å². The van der Waals surface area contributed by atoms with Gasteiger partial charge in [0.25, 0.3) is 5.91 Å². The molecule has 0 aliphatic heterocycles. The number of para-hydroxylation sites is 1. The minimum absolute atomic E-state index is 0.191. The molecular formula is C14H15N3O2. The van der Waals surface area contributed by atoms with Crippen LogP contribution in [0.15, 0.2) is 43.0 Å². The van der Waals surface area contributed by atoms with Crippen LogP contribution in [0.3, 0.4) is 0 Å². The third-order valence-corrected chi connectivity index (χ3v) is 2.67. The van der Waals surface area contributed by atoms with Gasteiger partial charge < -0.3 is 15.6 Å². The summed E-state index contributed by atoms with van der Waals surface area (Å²) in [4.78, 5) is 25.8. The summed E-state index contributed by atoms with van der Waals surface area (Å²) in [6, 6.07) is 9.48. The van der Waals surface area contributed by atoms with Gasteiger partial charge in [-0.15, -0.1) is 0 Å². The first-order chi connectivity index (χ1) is 9.20. The summed E-state index contributed by atoms with van der Waals surface area (Å²) < 4.78 is 0. The molecule has 0 aliphatic rings. The molecule has 98 valence electrons. The van der Waals surface area contributed by atoms with E-state index in [2.05, 4.69) is 22.2 Å². The second-order valence-electron chi connectivity index (χ2n) is 4.02. The van der Waals surface area contributed by atoms with E-state index < -0.39 is 0 Å². The SMILES string of the molecule is C=CC(=O)NCCNC(=O)c1cc2ccccc2[nH]1. The Bertz CT molecular complexity index is 583. The van der Waals surface area contributed by atoms with Crippen LogP contribution in [0, 0.1) is 0 Å². The van der Waals surface area contributed by atoms with Crippen LogP contribution in [0.25, 0.3) is 10.9 Å². The van der Waals surface area contributed by atoms with Crippen molar-refractivity contribution in [1.82, 2.24) is 15.6 Å². The normalized spacial score (nSPS) is 10.1. The summed E-state index contributed by atoms with van der Waals surface area (Å²) in [6.45, 7) is 4.08. The highest BCUT2D eigenvalue weighted by molar-refractivity contribution is 5.98. The van der Waals surface area contributed by atoms with E-state index in [1.165, 1.54) is 6.08 Å². The molecule has 0 saturated carbocycles. The molecule has 1 aromatic carbocycles. The summed E-state index contributed by atoms with van der Waals surface area (Å²) in [6.07, 6.45) is 1.19. The number of benzene rings is 1. The van der Waals surface area contributed by atoms with Crippen molar-refractivity contribution >= 4 is 22.7 Å². The van der Waals surface area contributed by atoms with Crippen molar-refractivity contribution in [2.75, 3.05) is 13.1 Å². The fourth-order valence-electron chi connectivity index (χ4n) is 1.72. The predicted octanol–water partition coefficient (Wildman–Crippen LogP) is 1.20. The van der Waals surface area contributed by atoms with Crippen LogP contribution in [0.4, 0.5) is 0 Å². The van der Waals surface area contributed by atoms with Gasteiger partial charge in [0, 0.05) is 24.0 Å². The summed E-state index contributed by atoms with van der Waals surface area (Å²) in [7, 11) is 0. The lowest BCUT2D eigenvalue weighted by Crippen LogP contribution is -2.34. The molecule has 5 nitrogen and oxygen atoms in total. The molecule has 0 bridgehead atoms. The summed E-state index contributed by atoms with van der Waals surface area (Å²) >= 11 is 0. The van der Waals surface area contributed by atoms with Gasteiger partial charge in [-0.2, -0.15) is 0 Å². The van der Waals surface area contributed by atoms with Gasteiger partial charge in [-0.3, -0.25) is 9.59 Å². The van der Waals surface area contributed by atoms with E-state index in [0.29, 0.717) is 18.8 Å². The number of carbonyl (C=O) groups excluding carboxylic acids is 2. The van der Waals surface area contributed by atoms with Crippen molar-refractivity contribution in [3.8, 4) is 0 Å². The van der Waals surface area contributed by atoms with Crippen LogP contribution in [0.5, 0.6) is 0 Å². The van der Waals surface area contributed by atoms with E-state index in [1.807, 2.05) is 24.3 Å². The monoisotopic (exact) mass is 257 g/mol. The minimum atomic E-state index is -0.250. The number of amides is 2. The number of aromatic amines is 1. The molecule has 3 N–H and O–H groups in total. The van der Waals surface area contributed by atoms with E-state index in [0.717, 1.165) is 10.9 Å². The Morgan fingerprint density at radius 3 is 2.68 bits per heavy atom. The van der Waals surface area contributed by atoms with Crippen molar-refractivity contribution in [2.45, 2.75) is 0 Å². The number of rotatable bonds is 5. The molecule has 0 aliphatic carbocycles. The lowest BCUT2D eigenvalue weighted by molar-refractivity contribution is -0.116. The highest BCUT2D eigenvalue weighted by atomic mass is 16.2. The van der Waals surface area contributed by atoms with E-state index in [1.54, 1.807) is 6.07 Å². The fraction of sp³-hybridized carbons (Fsp3) is 0.143. The summed E-state index contributed by atoms with van der Waals surface area (Å²) in [5.74, 6) is -0.441. The van der Waals surface area contributed by atoms with Crippen molar-refractivity contribution in [3.63, 3.8) is 0 Å². The number of hydrogen-bond donors (Lipinski definition) is 3. The molecule has 0 saturated heterocycles. The highest BCUT2D eigenvalue weighted by Gasteiger charge is 2.08. The van der Waals surface area contributed by atoms with Gasteiger partial charge in [-0.05, 0) is 18.2 Å². The largest absolute Gasteiger partial charge is 0.351 e. The predicted molar refractivity (Wildman–Crippen MR) is 73.8 cm³/mol. The average Bonchev–Trinajstić information content (AvgIpc) is 2.87. The average molecular weight is 257 g/mol. The Balaban J connectivity index is 1.89. The van der Waals surface area contributed by atoms with Crippen molar-refractivity contribution in [2.24, 2.45) is 0 Å². The first-order valence-corrected chi connectivity index (χ1v) is 5.97. The van der Waals surface area contributed by atoms with Gasteiger partial charge in [-0.25, -0.2) is 0 Å². The van der Waals surface area contributed by atoms with E-state index in [-0.39, 0.29) is 11.8 Å². The number of H-pyrrole nitrogens is 1. The summed E-state index contributed by atoms with van der Waals surface area (Å²) in [5.41, 5.74) is 1.43. The zero-order valence-electron chi connectivity index (χ0n) is 10.4. The molecule has 0 unspecified atom stereocenters. The number of nitrogens with one attached hydrogen (secondary N) is 3. The van der Waals surface area contributed by atoms with Gasteiger partial charge in [0.15, 0.2) is 0 Å². The standard InChI is InChI=1S/C14H15N3O2/c1-2-13(18)15-7-8-16-14(19)12-9-10-5-3-4-6-11(10)17-12/h2-6,9,17H,1,7-8H2,(H,15,18)(H,16,19). The smallest absolute Gasteiger partial charge is 0.267 e. The van der Waals surface area contributed by atoms with E-state index in [4.69, 9.17) is 0 Å². The third kappa shape index (κ3) is 3.22. The molecule has 2 aromatic rings. The molecule has 5 heteroatoms. The van der Waals surface area contributed by atoms with Gasteiger partial charge in [0.05, 0.1) is 0 Å². The first-order valence-electron chi connectivity index (χ1n) is 5.97. The molecule has 2 amide bonds. The fourth-order valence-corrected chi connectivity index (χ4v) is 1.72. The Kier molecular flexibility index (Phi) is 3.97. The maximum atomic E-state index is 11.9. The Morgan fingerprint density at radius 1 is 1.21 bits per heavy atom. The van der Waals surface area contributed by atoms with Gasteiger partial charge >= 0.3 is 0 Å². The molecule has 1 heterocycles. The number of fused-ring (bicyclic) bond motifs is 1. The quantitative estimate of drug-likeness (QED) is 0.556. The lowest BCUT2D eigenvalue weighted by atomic mass is 10.2. The topological polar surface area (TPSA) is 74.0 Å².